The summed E-state index contributed by atoms with van der Waals surface area (Å²) in [5, 5.41) is 10.3. The van der Waals surface area contributed by atoms with Crippen LogP contribution in [0.2, 0.25) is 0 Å². The fraction of sp³-hybridized carbons (Fsp3) is 0.333. The van der Waals surface area contributed by atoms with Crippen molar-refractivity contribution in [1.29, 1.82) is 0 Å². The van der Waals surface area contributed by atoms with E-state index in [1.54, 1.807) is 35.5 Å². The fourth-order valence-corrected chi connectivity index (χ4v) is 3.29. The number of carbonyl (C=O) groups excluding carboxylic acids is 1. The van der Waals surface area contributed by atoms with E-state index in [4.69, 9.17) is 9.47 Å². The molecule has 1 aromatic heterocycles. The molecule has 0 radical (unpaired) electrons. The minimum absolute atomic E-state index is 0.0984. The van der Waals surface area contributed by atoms with E-state index >= 15 is 0 Å². The summed E-state index contributed by atoms with van der Waals surface area (Å²) in [4.78, 5) is 18.7. The van der Waals surface area contributed by atoms with Gasteiger partial charge in [0.05, 0.1) is 12.1 Å². The zero-order valence-electron chi connectivity index (χ0n) is 13.1. The van der Waals surface area contributed by atoms with Crippen LogP contribution in [0.15, 0.2) is 42.7 Å². The highest BCUT2D eigenvalue weighted by atomic mass is 16.7. The van der Waals surface area contributed by atoms with Crippen LogP contribution in [0.25, 0.3) is 0 Å². The molecule has 1 amide bonds. The van der Waals surface area contributed by atoms with Crippen LogP contribution in [-0.4, -0.2) is 46.4 Å². The Kier molecular flexibility index (Phi) is 3.82. The average molecular weight is 326 g/mol. The Morgan fingerprint density at radius 2 is 2.17 bits per heavy atom. The number of likely N-dealkylation sites (tertiary alicyclic amines) is 1. The number of nitrogens with zero attached hydrogens (tertiary/aromatic N) is 2. The molecule has 2 aromatic rings. The van der Waals surface area contributed by atoms with Crippen molar-refractivity contribution < 1.29 is 19.4 Å². The highest BCUT2D eigenvalue weighted by molar-refractivity contribution is 5.95. The number of benzene rings is 1. The maximum Gasteiger partial charge on any atom is 0.254 e. The Morgan fingerprint density at radius 1 is 1.29 bits per heavy atom. The molecule has 1 saturated heterocycles. The van der Waals surface area contributed by atoms with Crippen molar-refractivity contribution in [3.05, 3.63) is 53.9 Å². The van der Waals surface area contributed by atoms with Gasteiger partial charge in [0.15, 0.2) is 11.5 Å². The molecule has 1 fully saturated rings. The second kappa shape index (κ2) is 6.13. The average Bonchev–Trinajstić information content (AvgIpc) is 3.22. The molecule has 0 unspecified atom stereocenters. The second-order valence-electron chi connectivity index (χ2n) is 6.06. The fourth-order valence-electron chi connectivity index (χ4n) is 3.29. The summed E-state index contributed by atoms with van der Waals surface area (Å²) in [5.41, 5.74) is 1.55. The molecule has 2 aliphatic heterocycles. The molecule has 0 aliphatic carbocycles. The minimum Gasteiger partial charge on any atom is -0.454 e. The quantitative estimate of drug-likeness (QED) is 0.928. The lowest BCUT2D eigenvalue weighted by molar-refractivity contribution is 0.0639. The number of aliphatic hydroxyl groups is 1. The zero-order valence-corrected chi connectivity index (χ0v) is 13.1. The van der Waals surface area contributed by atoms with Gasteiger partial charge in [-0.15, -0.1) is 0 Å². The molecule has 2 aliphatic rings. The van der Waals surface area contributed by atoms with E-state index < -0.39 is 6.10 Å². The lowest BCUT2D eigenvalue weighted by Gasteiger charge is -2.26. The van der Waals surface area contributed by atoms with E-state index in [0.29, 0.717) is 36.4 Å². The van der Waals surface area contributed by atoms with Crippen molar-refractivity contribution in [3.8, 4) is 11.5 Å². The first-order valence-electron chi connectivity index (χ1n) is 8.00. The number of hydrogen-bond donors (Lipinski definition) is 1. The third-order valence-electron chi connectivity index (χ3n) is 4.56. The largest absolute Gasteiger partial charge is 0.454 e. The number of rotatable bonds is 3. The van der Waals surface area contributed by atoms with Gasteiger partial charge in [0, 0.05) is 24.5 Å². The van der Waals surface area contributed by atoms with Gasteiger partial charge in [0.25, 0.3) is 5.91 Å². The molecule has 0 saturated carbocycles. The lowest BCUT2D eigenvalue weighted by atomic mass is 10.0. The number of aliphatic hydroxyl groups excluding tert-OH is 1. The van der Waals surface area contributed by atoms with Gasteiger partial charge in [0.1, 0.15) is 0 Å². The predicted molar refractivity (Wildman–Crippen MR) is 86.0 cm³/mol. The Labute approximate surface area is 139 Å². The first-order chi connectivity index (χ1) is 11.7. The first-order valence-corrected chi connectivity index (χ1v) is 8.00. The first kappa shape index (κ1) is 15.0. The predicted octanol–water partition coefficient (Wildman–Crippen LogP) is 1.63. The molecule has 1 N–H and O–H groups in total. The van der Waals surface area contributed by atoms with Gasteiger partial charge in [-0.3, -0.25) is 9.78 Å². The Morgan fingerprint density at radius 3 is 3.00 bits per heavy atom. The van der Waals surface area contributed by atoms with Crippen molar-refractivity contribution in [2.45, 2.75) is 25.0 Å². The Bertz CT molecular complexity index is 750. The van der Waals surface area contributed by atoms with Crippen LogP contribution in [0.5, 0.6) is 11.5 Å². The lowest BCUT2D eigenvalue weighted by Crippen LogP contribution is -2.41. The van der Waals surface area contributed by atoms with Crippen LogP contribution < -0.4 is 9.47 Å². The van der Waals surface area contributed by atoms with Crippen LogP contribution in [0.3, 0.4) is 0 Å². The molecule has 6 heteroatoms. The van der Waals surface area contributed by atoms with Crippen molar-refractivity contribution in [2.75, 3.05) is 13.3 Å². The third kappa shape index (κ3) is 2.69. The van der Waals surface area contributed by atoms with E-state index in [-0.39, 0.29) is 18.7 Å². The van der Waals surface area contributed by atoms with Crippen molar-refractivity contribution in [3.63, 3.8) is 0 Å². The molecule has 4 rings (SSSR count). The van der Waals surface area contributed by atoms with Crippen molar-refractivity contribution in [1.82, 2.24) is 9.88 Å². The van der Waals surface area contributed by atoms with Gasteiger partial charge in [-0.1, -0.05) is 6.07 Å². The standard InChI is InChI=1S/C18H18N2O4/c21-15-5-7-20(14(15)8-12-2-1-6-19-10-12)18(22)13-3-4-16-17(9-13)24-11-23-16/h1-4,6,9-10,14-15,21H,5,7-8,11H2/t14-,15+/m0/s1. The van der Waals surface area contributed by atoms with Crippen molar-refractivity contribution >= 4 is 5.91 Å². The highest BCUT2D eigenvalue weighted by Crippen LogP contribution is 2.33. The van der Waals surface area contributed by atoms with E-state index in [2.05, 4.69) is 4.98 Å². The Hall–Kier alpha value is -2.60. The number of fused-ring (bicyclic) bond motifs is 1. The molecule has 6 nitrogen and oxygen atoms in total. The summed E-state index contributed by atoms with van der Waals surface area (Å²) in [7, 11) is 0. The molecule has 124 valence electrons. The number of carbonyl (C=O) groups is 1. The molecule has 0 spiro atoms. The van der Waals surface area contributed by atoms with Crippen LogP contribution >= 0.6 is 0 Å². The van der Waals surface area contributed by atoms with E-state index in [9.17, 15) is 9.90 Å². The maximum absolute atomic E-state index is 12.9. The smallest absolute Gasteiger partial charge is 0.254 e. The molecule has 1 aromatic carbocycles. The molecule has 0 bridgehead atoms. The molecule has 24 heavy (non-hydrogen) atoms. The maximum atomic E-state index is 12.9. The summed E-state index contributed by atoms with van der Waals surface area (Å²) in [5.74, 6) is 1.14. The molecular formula is C18H18N2O4. The highest BCUT2D eigenvalue weighted by Gasteiger charge is 2.36. The van der Waals surface area contributed by atoms with E-state index in [1.165, 1.54) is 0 Å². The minimum atomic E-state index is -0.525. The van der Waals surface area contributed by atoms with Crippen molar-refractivity contribution in [2.24, 2.45) is 0 Å². The van der Waals surface area contributed by atoms with Gasteiger partial charge < -0.3 is 19.5 Å². The van der Waals surface area contributed by atoms with Gasteiger partial charge in [-0.2, -0.15) is 0 Å². The van der Waals surface area contributed by atoms with Gasteiger partial charge in [0.2, 0.25) is 6.79 Å². The third-order valence-corrected chi connectivity index (χ3v) is 4.56. The monoisotopic (exact) mass is 326 g/mol. The summed E-state index contributed by atoms with van der Waals surface area (Å²) in [6, 6.07) is 8.77. The van der Waals surface area contributed by atoms with E-state index in [0.717, 1.165) is 5.56 Å². The second-order valence-corrected chi connectivity index (χ2v) is 6.06. The van der Waals surface area contributed by atoms with E-state index in [1.807, 2.05) is 12.1 Å². The molecule has 2 atom stereocenters. The summed E-state index contributed by atoms with van der Waals surface area (Å²) >= 11 is 0. The van der Waals surface area contributed by atoms with Crippen LogP contribution in [-0.2, 0) is 6.42 Å². The number of amides is 1. The normalized spacial score (nSPS) is 22.0. The molecule has 3 heterocycles. The topological polar surface area (TPSA) is 71.9 Å². The number of pyridine rings is 1. The van der Waals surface area contributed by atoms with Crippen LogP contribution in [0, 0.1) is 0 Å². The molecular weight excluding hydrogens is 308 g/mol. The number of hydrogen-bond acceptors (Lipinski definition) is 5. The van der Waals surface area contributed by atoms with Gasteiger partial charge >= 0.3 is 0 Å². The zero-order chi connectivity index (χ0) is 16.5. The number of ether oxygens (including phenoxy) is 2. The SMILES string of the molecule is O=C(c1ccc2c(c1)OCO2)N1CC[C@@H](O)[C@@H]1Cc1cccnc1. The summed E-state index contributed by atoms with van der Waals surface area (Å²) in [6.45, 7) is 0.721. The summed E-state index contributed by atoms with van der Waals surface area (Å²) in [6.07, 6.45) is 4.13. The van der Waals surface area contributed by atoms with Gasteiger partial charge in [-0.25, -0.2) is 0 Å². The Balaban J connectivity index is 1.56. The van der Waals surface area contributed by atoms with Crippen LogP contribution in [0.1, 0.15) is 22.3 Å². The summed E-state index contributed by atoms with van der Waals surface area (Å²) < 4.78 is 10.6. The van der Waals surface area contributed by atoms with Crippen LogP contribution in [0.4, 0.5) is 0 Å². The van der Waals surface area contributed by atoms with Gasteiger partial charge in [-0.05, 0) is 42.7 Å². The number of aromatic nitrogens is 1.